The summed E-state index contributed by atoms with van der Waals surface area (Å²) in [5.74, 6) is -2.29. The number of carbonyl (C=O) groups is 1. The third-order valence-electron chi connectivity index (χ3n) is 4.49. The van der Waals surface area contributed by atoms with Gasteiger partial charge in [0, 0.05) is 5.38 Å². The van der Waals surface area contributed by atoms with Crippen molar-refractivity contribution in [2.24, 2.45) is 5.14 Å². The fourth-order valence-electron chi connectivity index (χ4n) is 2.98. The first-order valence-corrected chi connectivity index (χ1v) is 12.0. The lowest BCUT2D eigenvalue weighted by molar-refractivity contribution is -0.121. The van der Waals surface area contributed by atoms with E-state index in [1.54, 1.807) is 12.1 Å². The fraction of sp³-hybridized carbons (Fsp3) is 0.238. The van der Waals surface area contributed by atoms with Crippen LogP contribution in [-0.4, -0.2) is 19.3 Å². The van der Waals surface area contributed by atoms with Gasteiger partial charge in [-0.25, -0.2) is 13.8 Å². The normalized spacial score (nSPS) is 12.4. The van der Waals surface area contributed by atoms with Crippen LogP contribution in [0.5, 0.6) is 5.75 Å². The number of amides is 1. The van der Waals surface area contributed by atoms with Gasteiger partial charge < -0.3 is 9.50 Å². The smallest absolute Gasteiger partial charge is 0.371 e. The molecule has 0 spiro atoms. The summed E-state index contributed by atoms with van der Waals surface area (Å²) in [6.45, 7) is 1.97. The van der Waals surface area contributed by atoms with Crippen LogP contribution in [0, 0.1) is 11.6 Å². The number of nitrogens with one attached hydrogen (secondary N) is 1. The number of hydrogen-bond acceptors (Lipinski definition) is 6. The Balaban J connectivity index is 1.76. The van der Waals surface area contributed by atoms with E-state index in [0.29, 0.717) is 17.0 Å². The van der Waals surface area contributed by atoms with Crippen LogP contribution in [0.15, 0.2) is 47.8 Å². The van der Waals surface area contributed by atoms with Gasteiger partial charge in [0.25, 0.3) is 0 Å². The van der Waals surface area contributed by atoms with Crippen LogP contribution in [0.3, 0.4) is 0 Å². The molecule has 3 rings (SSSR count). The second-order valence-corrected chi connectivity index (χ2v) is 9.04. The number of halogens is 2. The van der Waals surface area contributed by atoms with E-state index in [9.17, 15) is 22.0 Å². The highest BCUT2D eigenvalue weighted by Gasteiger charge is 2.20. The van der Waals surface area contributed by atoms with E-state index in [1.807, 2.05) is 12.3 Å². The van der Waals surface area contributed by atoms with Gasteiger partial charge in [0.15, 0.2) is 11.6 Å². The average molecular weight is 482 g/mol. The zero-order valence-corrected chi connectivity index (χ0v) is 18.7. The van der Waals surface area contributed by atoms with Crippen molar-refractivity contribution in [1.29, 1.82) is 0 Å². The quantitative estimate of drug-likeness (QED) is 0.488. The minimum Gasteiger partial charge on any atom is -0.371 e. The van der Waals surface area contributed by atoms with Crippen LogP contribution >= 0.6 is 11.3 Å². The minimum atomic E-state index is -4.12. The van der Waals surface area contributed by atoms with E-state index >= 15 is 0 Å². The molecular weight excluding hydrogens is 460 g/mol. The van der Waals surface area contributed by atoms with Crippen molar-refractivity contribution in [2.75, 3.05) is 0 Å². The predicted octanol–water partition coefficient (Wildman–Crippen LogP) is 3.21. The molecule has 3 N–H and O–H groups in total. The molecule has 170 valence electrons. The zero-order chi connectivity index (χ0) is 23.3. The topological polar surface area (TPSA) is 111 Å². The molecule has 0 unspecified atom stereocenters. The highest BCUT2D eigenvalue weighted by molar-refractivity contribution is 7.84. The van der Waals surface area contributed by atoms with Crippen LogP contribution in [0.25, 0.3) is 0 Å². The highest BCUT2D eigenvalue weighted by Crippen LogP contribution is 2.24. The molecule has 1 heterocycles. The SMILES string of the molecule is CCc1csc([C@H](Cc2ccc(OS(N)(=O)=O)cc2)NC(=O)Cc2ccc(F)c(F)c2)n1. The van der Waals surface area contributed by atoms with Gasteiger partial charge >= 0.3 is 10.3 Å². The average Bonchev–Trinajstić information content (AvgIpc) is 3.20. The molecule has 0 saturated heterocycles. The molecule has 0 aliphatic rings. The lowest BCUT2D eigenvalue weighted by Crippen LogP contribution is -2.31. The molecule has 0 aliphatic heterocycles. The van der Waals surface area contributed by atoms with Crippen molar-refractivity contribution < 1.29 is 26.2 Å². The molecule has 1 amide bonds. The summed E-state index contributed by atoms with van der Waals surface area (Å²) >= 11 is 1.41. The Morgan fingerprint density at radius 2 is 1.84 bits per heavy atom. The Morgan fingerprint density at radius 3 is 2.44 bits per heavy atom. The van der Waals surface area contributed by atoms with E-state index in [2.05, 4.69) is 14.5 Å². The predicted molar refractivity (Wildman–Crippen MR) is 116 cm³/mol. The summed E-state index contributed by atoms with van der Waals surface area (Å²) in [5.41, 5.74) is 2.03. The second-order valence-electron chi connectivity index (χ2n) is 7.00. The lowest BCUT2D eigenvalue weighted by atomic mass is 10.1. The number of hydrogen-bond donors (Lipinski definition) is 2. The maximum atomic E-state index is 13.5. The molecule has 0 aliphatic carbocycles. The number of carbonyl (C=O) groups excluding carboxylic acids is 1. The van der Waals surface area contributed by atoms with E-state index in [-0.39, 0.29) is 18.1 Å². The van der Waals surface area contributed by atoms with Gasteiger partial charge in [-0.15, -0.1) is 11.3 Å². The first kappa shape index (κ1) is 23.8. The molecule has 11 heteroatoms. The number of aromatic nitrogens is 1. The largest absolute Gasteiger partial charge is 0.380 e. The van der Waals surface area contributed by atoms with Crippen molar-refractivity contribution in [3.05, 3.63) is 81.3 Å². The van der Waals surface area contributed by atoms with Crippen LogP contribution in [0.2, 0.25) is 0 Å². The summed E-state index contributed by atoms with van der Waals surface area (Å²) in [6.07, 6.45) is 0.988. The van der Waals surface area contributed by atoms with E-state index in [4.69, 9.17) is 5.14 Å². The van der Waals surface area contributed by atoms with Gasteiger partial charge in [0.1, 0.15) is 10.8 Å². The van der Waals surface area contributed by atoms with Gasteiger partial charge in [0.2, 0.25) is 5.91 Å². The third kappa shape index (κ3) is 6.81. The van der Waals surface area contributed by atoms with Gasteiger partial charge in [-0.2, -0.15) is 13.6 Å². The van der Waals surface area contributed by atoms with Gasteiger partial charge in [-0.1, -0.05) is 25.1 Å². The molecular formula is C21H21F2N3O4S2. The lowest BCUT2D eigenvalue weighted by Gasteiger charge is -2.17. The van der Waals surface area contributed by atoms with Gasteiger partial charge in [-0.05, 0) is 48.2 Å². The number of nitrogens with two attached hydrogens (primary N) is 1. The molecule has 32 heavy (non-hydrogen) atoms. The molecule has 0 fully saturated rings. The molecule has 0 radical (unpaired) electrons. The van der Waals surface area contributed by atoms with Crippen LogP contribution < -0.4 is 14.6 Å². The van der Waals surface area contributed by atoms with Crippen molar-refractivity contribution in [2.45, 2.75) is 32.2 Å². The van der Waals surface area contributed by atoms with Crippen molar-refractivity contribution in [3.63, 3.8) is 0 Å². The van der Waals surface area contributed by atoms with E-state index in [0.717, 1.165) is 29.8 Å². The second kappa shape index (κ2) is 10.2. The first-order chi connectivity index (χ1) is 15.1. The molecule has 1 aromatic heterocycles. The number of thiazole rings is 1. The molecule has 3 aromatic rings. The molecule has 0 bridgehead atoms. The van der Waals surface area contributed by atoms with Crippen molar-refractivity contribution in [3.8, 4) is 5.75 Å². The summed E-state index contributed by atoms with van der Waals surface area (Å²) < 4.78 is 53.3. The first-order valence-electron chi connectivity index (χ1n) is 9.61. The molecule has 1 atom stereocenters. The van der Waals surface area contributed by atoms with Crippen LogP contribution in [0.1, 0.15) is 34.8 Å². The Bertz CT molecular complexity index is 1200. The minimum absolute atomic E-state index is 0.0673. The van der Waals surface area contributed by atoms with E-state index < -0.39 is 28.0 Å². The fourth-order valence-corrected chi connectivity index (χ4v) is 4.31. The molecule has 2 aromatic carbocycles. The number of nitrogens with zero attached hydrogens (tertiary/aromatic N) is 1. The Labute approximate surface area is 188 Å². The summed E-state index contributed by atoms with van der Waals surface area (Å²) in [6, 6.07) is 9.09. The third-order valence-corrected chi connectivity index (χ3v) is 5.92. The number of aryl methyl sites for hydroxylation is 1. The number of rotatable bonds is 9. The van der Waals surface area contributed by atoms with Gasteiger partial charge in [-0.3, -0.25) is 4.79 Å². The van der Waals surface area contributed by atoms with Crippen LogP contribution in [0.4, 0.5) is 8.78 Å². The van der Waals surface area contributed by atoms with Gasteiger partial charge in [0.05, 0.1) is 18.2 Å². The Morgan fingerprint density at radius 1 is 1.16 bits per heavy atom. The zero-order valence-electron chi connectivity index (χ0n) is 17.0. The van der Waals surface area contributed by atoms with Crippen molar-refractivity contribution in [1.82, 2.24) is 10.3 Å². The standard InChI is InChI=1S/C21H21F2N3O4S2/c1-2-15-12-31-21(25-15)19(10-13-3-6-16(7-4-13)30-32(24,28)29)26-20(27)11-14-5-8-17(22)18(23)9-14/h3-9,12,19H,2,10-11H2,1H3,(H,26,27)(H2,24,28,29)/t19-/m0/s1. The maximum Gasteiger partial charge on any atom is 0.380 e. The number of benzene rings is 2. The molecule has 7 nitrogen and oxygen atoms in total. The summed E-state index contributed by atoms with van der Waals surface area (Å²) in [5, 5.41) is 10.4. The summed E-state index contributed by atoms with van der Waals surface area (Å²) in [7, 11) is -4.12. The molecule has 0 saturated carbocycles. The maximum absolute atomic E-state index is 13.5. The van der Waals surface area contributed by atoms with Crippen LogP contribution in [-0.2, 0) is 34.4 Å². The Hall–Kier alpha value is -2.89. The van der Waals surface area contributed by atoms with Crippen molar-refractivity contribution >= 4 is 27.5 Å². The monoisotopic (exact) mass is 481 g/mol. The van der Waals surface area contributed by atoms with E-state index in [1.165, 1.54) is 29.5 Å². The Kier molecular flexibility index (Phi) is 7.54. The highest BCUT2D eigenvalue weighted by atomic mass is 32.2. The summed E-state index contributed by atoms with van der Waals surface area (Å²) in [4.78, 5) is 17.2.